The molecule has 17 heavy (non-hydrogen) atoms. The number of carbonyl (C=O) groups excluding carboxylic acids is 1. The molecule has 1 aliphatic heterocycles. The van der Waals surface area contributed by atoms with Gasteiger partial charge in [0.15, 0.2) is 0 Å². The van der Waals surface area contributed by atoms with E-state index in [1.165, 1.54) is 11.1 Å². The molecule has 4 heteroatoms. The van der Waals surface area contributed by atoms with Crippen LogP contribution in [0.1, 0.15) is 18.1 Å². The van der Waals surface area contributed by atoms with Gasteiger partial charge in [-0.3, -0.25) is 9.69 Å². The number of benzene rings is 1. The average Bonchev–Trinajstić information content (AvgIpc) is 2.30. The maximum atomic E-state index is 10.8. The lowest BCUT2D eigenvalue weighted by Gasteiger charge is -2.29. The molecule has 0 atom stereocenters. The van der Waals surface area contributed by atoms with Crippen molar-refractivity contribution in [1.82, 2.24) is 10.2 Å². The molecule has 1 aliphatic rings. The predicted octanol–water partition coefficient (Wildman–Crippen LogP) is 0.763. The van der Waals surface area contributed by atoms with Crippen LogP contribution in [0.5, 0.6) is 0 Å². The zero-order valence-corrected chi connectivity index (χ0v) is 10.2. The molecule has 0 radical (unpaired) electrons. The number of nitrogens with two attached hydrogens (primary N) is 1. The van der Waals surface area contributed by atoms with Gasteiger partial charge in [-0.05, 0) is 23.6 Å². The maximum Gasteiger partial charge on any atom is 0.216 e. The molecular formula is C13H19N3O. The standard InChI is InChI=1S/C13H19N3O/c1-10(17)15-6-8-16-7-5-11-3-2-4-13(14)12(11)9-16/h2-4H,5-9,14H2,1H3,(H,15,17). The Kier molecular flexibility index (Phi) is 3.64. The van der Waals surface area contributed by atoms with Crippen LogP contribution in [0.15, 0.2) is 18.2 Å². The van der Waals surface area contributed by atoms with Crippen molar-refractivity contribution >= 4 is 11.6 Å². The van der Waals surface area contributed by atoms with Crippen LogP contribution in [-0.2, 0) is 17.8 Å². The summed E-state index contributed by atoms with van der Waals surface area (Å²) in [6.45, 7) is 5.06. The van der Waals surface area contributed by atoms with Crippen LogP contribution in [0.2, 0.25) is 0 Å². The van der Waals surface area contributed by atoms with Crippen molar-refractivity contribution in [3.8, 4) is 0 Å². The first-order chi connectivity index (χ1) is 8.16. The zero-order chi connectivity index (χ0) is 12.3. The van der Waals surface area contributed by atoms with Crippen molar-refractivity contribution < 1.29 is 4.79 Å². The van der Waals surface area contributed by atoms with Crippen molar-refractivity contribution in [2.24, 2.45) is 0 Å². The number of nitrogens with zero attached hydrogens (tertiary/aromatic N) is 1. The summed E-state index contributed by atoms with van der Waals surface area (Å²) in [6, 6.07) is 6.12. The first-order valence-corrected chi connectivity index (χ1v) is 6.00. The fourth-order valence-corrected chi connectivity index (χ4v) is 2.24. The molecule has 1 amide bonds. The first kappa shape index (κ1) is 11.9. The van der Waals surface area contributed by atoms with Gasteiger partial charge < -0.3 is 11.1 Å². The minimum absolute atomic E-state index is 0.0296. The van der Waals surface area contributed by atoms with Gasteiger partial charge in [-0.1, -0.05) is 12.1 Å². The Labute approximate surface area is 102 Å². The molecule has 1 heterocycles. The van der Waals surface area contributed by atoms with Crippen molar-refractivity contribution in [3.05, 3.63) is 29.3 Å². The number of hydrogen-bond donors (Lipinski definition) is 2. The normalized spacial score (nSPS) is 15.4. The molecule has 0 aromatic heterocycles. The molecular weight excluding hydrogens is 214 g/mol. The highest BCUT2D eigenvalue weighted by atomic mass is 16.1. The second-order valence-electron chi connectivity index (χ2n) is 4.49. The van der Waals surface area contributed by atoms with Gasteiger partial charge in [0.1, 0.15) is 0 Å². The molecule has 0 unspecified atom stereocenters. The Bertz CT molecular complexity index is 417. The zero-order valence-electron chi connectivity index (χ0n) is 10.2. The Morgan fingerprint density at radius 2 is 2.35 bits per heavy atom. The van der Waals surface area contributed by atoms with Gasteiger partial charge >= 0.3 is 0 Å². The number of hydrogen-bond acceptors (Lipinski definition) is 3. The predicted molar refractivity (Wildman–Crippen MR) is 68.5 cm³/mol. The highest BCUT2D eigenvalue weighted by Gasteiger charge is 2.17. The summed E-state index contributed by atoms with van der Waals surface area (Å²) in [5.74, 6) is 0.0296. The lowest BCUT2D eigenvalue weighted by molar-refractivity contribution is -0.119. The monoisotopic (exact) mass is 233 g/mol. The SMILES string of the molecule is CC(=O)NCCN1CCc2cccc(N)c2C1. The van der Waals surface area contributed by atoms with Gasteiger partial charge in [-0.2, -0.15) is 0 Å². The van der Waals surface area contributed by atoms with Crippen LogP contribution >= 0.6 is 0 Å². The van der Waals surface area contributed by atoms with E-state index in [-0.39, 0.29) is 5.91 Å². The number of rotatable bonds is 3. The number of nitrogens with one attached hydrogen (secondary N) is 1. The average molecular weight is 233 g/mol. The fraction of sp³-hybridized carbons (Fsp3) is 0.462. The Balaban J connectivity index is 1.94. The first-order valence-electron chi connectivity index (χ1n) is 6.00. The van der Waals surface area contributed by atoms with Crippen molar-refractivity contribution in [2.75, 3.05) is 25.4 Å². The van der Waals surface area contributed by atoms with Crippen LogP contribution in [0.3, 0.4) is 0 Å². The van der Waals surface area contributed by atoms with E-state index in [4.69, 9.17) is 5.73 Å². The van der Waals surface area contributed by atoms with E-state index >= 15 is 0 Å². The summed E-state index contributed by atoms with van der Waals surface area (Å²) < 4.78 is 0. The third-order valence-corrected chi connectivity index (χ3v) is 3.19. The third-order valence-electron chi connectivity index (χ3n) is 3.19. The van der Waals surface area contributed by atoms with E-state index in [1.54, 1.807) is 6.92 Å². The largest absolute Gasteiger partial charge is 0.398 e. The highest BCUT2D eigenvalue weighted by molar-refractivity contribution is 5.72. The number of fused-ring (bicyclic) bond motifs is 1. The Hall–Kier alpha value is -1.55. The van der Waals surface area contributed by atoms with Crippen LogP contribution in [0.4, 0.5) is 5.69 Å². The van der Waals surface area contributed by atoms with E-state index in [0.29, 0.717) is 6.54 Å². The van der Waals surface area contributed by atoms with Crippen LogP contribution < -0.4 is 11.1 Å². The second kappa shape index (κ2) is 5.19. The molecule has 1 aromatic rings. The number of carbonyl (C=O) groups is 1. The van der Waals surface area contributed by atoms with Crippen molar-refractivity contribution in [3.63, 3.8) is 0 Å². The van der Waals surface area contributed by atoms with Crippen LogP contribution in [-0.4, -0.2) is 30.4 Å². The molecule has 92 valence electrons. The molecule has 4 nitrogen and oxygen atoms in total. The summed E-state index contributed by atoms with van der Waals surface area (Å²) >= 11 is 0. The lowest BCUT2D eigenvalue weighted by atomic mass is 9.98. The fourth-order valence-electron chi connectivity index (χ4n) is 2.24. The number of amides is 1. The molecule has 0 fully saturated rings. The minimum Gasteiger partial charge on any atom is -0.398 e. The summed E-state index contributed by atoms with van der Waals surface area (Å²) in [5, 5.41) is 2.82. The molecule has 0 aliphatic carbocycles. The smallest absolute Gasteiger partial charge is 0.216 e. The molecule has 2 rings (SSSR count). The number of nitrogen functional groups attached to an aromatic ring is 1. The van der Waals surface area contributed by atoms with Crippen molar-refractivity contribution in [2.45, 2.75) is 19.9 Å². The molecule has 0 bridgehead atoms. The van der Waals surface area contributed by atoms with E-state index in [2.05, 4.69) is 16.3 Å². The summed E-state index contributed by atoms with van der Waals surface area (Å²) in [4.78, 5) is 13.1. The summed E-state index contributed by atoms with van der Waals surface area (Å²) in [5.41, 5.74) is 9.48. The van der Waals surface area contributed by atoms with E-state index < -0.39 is 0 Å². The number of anilines is 1. The molecule has 3 N–H and O–H groups in total. The van der Waals surface area contributed by atoms with Crippen LogP contribution in [0.25, 0.3) is 0 Å². The third kappa shape index (κ3) is 2.97. The van der Waals surface area contributed by atoms with Gasteiger partial charge in [0, 0.05) is 38.8 Å². The Morgan fingerprint density at radius 3 is 3.12 bits per heavy atom. The maximum absolute atomic E-state index is 10.8. The second-order valence-corrected chi connectivity index (χ2v) is 4.49. The lowest BCUT2D eigenvalue weighted by Crippen LogP contribution is -2.37. The molecule has 1 aromatic carbocycles. The van der Waals surface area contributed by atoms with Gasteiger partial charge in [-0.15, -0.1) is 0 Å². The van der Waals surface area contributed by atoms with Gasteiger partial charge in [0.25, 0.3) is 0 Å². The van der Waals surface area contributed by atoms with Gasteiger partial charge in [0.2, 0.25) is 5.91 Å². The van der Waals surface area contributed by atoms with Crippen LogP contribution in [0, 0.1) is 0 Å². The van der Waals surface area contributed by atoms with E-state index in [9.17, 15) is 4.79 Å². The quantitative estimate of drug-likeness (QED) is 0.758. The van der Waals surface area contributed by atoms with E-state index in [0.717, 1.165) is 31.7 Å². The summed E-state index contributed by atoms with van der Waals surface area (Å²) in [7, 11) is 0. The topological polar surface area (TPSA) is 58.4 Å². The summed E-state index contributed by atoms with van der Waals surface area (Å²) in [6.07, 6.45) is 1.04. The van der Waals surface area contributed by atoms with Crippen molar-refractivity contribution in [1.29, 1.82) is 0 Å². The molecule has 0 saturated heterocycles. The Morgan fingerprint density at radius 1 is 1.53 bits per heavy atom. The molecule has 0 spiro atoms. The highest BCUT2D eigenvalue weighted by Crippen LogP contribution is 2.23. The molecule has 0 saturated carbocycles. The van der Waals surface area contributed by atoms with Gasteiger partial charge in [0.05, 0.1) is 0 Å². The van der Waals surface area contributed by atoms with Gasteiger partial charge in [-0.25, -0.2) is 0 Å². The van der Waals surface area contributed by atoms with E-state index in [1.807, 2.05) is 12.1 Å². The minimum atomic E-state index is 0.0296.